The van der Waals surface area contributed by atoms with Crippen molar-refractivity contribution in [1.29, 1.82) is 0 Å². The molecule has 0 saturated carbocycles. The molecule has 0 aromatic heterocycles. The minimum atomic E-state index is 0.248. The minimum Gasteiger partial charge on any atom is -0.227 e. The summed E-state index contributed by atoms with van der Waals surface area (Å²) in [5.74, 6) is 0. The summed E-state index contributed by atoms with van der Waals surface area (Å²) < 4.78 is 2.38. The van der Waals surface area contributed by atoms with Gasteiger partial charge < -0.3 is 0 Å². The highest BCUT2D eigenvalue weighted by Crippen LogP contribution is 2.18. The molecule has 0 unspecified atom stereocenters. The van der Waals surface area contributed by atoms with Crippen molar-refractivity contribution in [2.75, 3.05) is 7.05 Å². The third-order valence-electron chi connectivity index (χ3n) is 3.33. The Morgan fingerprint density at radius 3 is 2.57 bits per heavy atom. The molecule has 0 fully saturated rings. The lowest BCUT2D eigenvalue weighted by atomic mass is 9.91. The molecule has 1 aromatic carbocycles. The molecule has 74 valence electrons. The number of rotatable bonds is 0. The van der Waals surface area contributed by atoms with Crippen LogP contribution < -0.4 is 15.2 Å². The number of nitrogens with zero attached hydrogens (tertiary/aromatic N) is 1. The normalized spacial score (nSPS) is 19.4. The molecule has 1 nitrogen and oxygen atoms in total. The van der Waals surface area contributed by atoms with E-state index in [4.69, 9.17) is 0 Å². The van der Waals surface area contributed by atoms with Crippen LogP contribution in [0.2, 0.25) is 0 Å². The van der Waals surface area contributed by atoms with E-state index in [0.717, 1.165) is 6.42 Å². The standard InChI is InChI=1S/C13H18N/c1-10-9-13(2,3)14(4)12-8-6-5-7-11(10)12/h5-8H,9H2,1-4H3/q+1. The van der Waals surface area contributed by atoms with Gasteiger partial charge in [-0.3, -0.25) is 0 Å². The van der Waals surface area contributed by atoms with Crippen LogP contribution in [-0.4, -0.2) is 12.6 Å². The van der Waals surface area contributed by atoms with Gasteiger partial charge in [0.1, 0.15) is 7.05 Å². The van der Waals surface area contributed by atoms with Crippen molar-refractivity contribution in [2.45, 2.75) is 32.7 Å². The van der Waals surface area contributed by atoms with Gasteiger partial charge in [0.15, 0.2) is 5.54 Å². The molecule has 0 amide bonds. The maximum Gasteiger partial charge on any atom is 0.207 e. The van der Waals surface area contributed by atoms with Crippen molar-refractivity contribution in [2.24, 2.45) is 0 Å². The van der Waals surface area contributed by atoms with Crippen LogP contribution in [0.3, 0.4) is 0 Å². The molecule has 1 heterocycles. The van der Waals surface area contributed by atoms with Gasteiger partial charge in [0.25, 0.3) is 0 Å². The molecule has 1 aliphatic heterocycles. The zero-order valence-electron chi connectivity index (χ0n) is 9.46. The number of hydrogen-bond acceptors (Lipinski definition) is 0. The zero-order valence-corrected chi connectivity index (χ0v) is 9.46. The molecule has 0 spiro atoms. The molecule has 0 saturated heterocycles. The Balaban J connectivity index is 2.92. The van der Waals surface area contributed by atoms with E-state index in [9.17, 15) is 0 Å². The summed E-state index contributed by atoms with van der Waals surface area (Å²) >= 11 is 0. The first-order valence-electron chi connectivity index (χ1n) is 5.18. The van der Waals surface area contributed by atoms with Crippen LogP contribution in [0.15, 0.2) is 24.3 Å². The SMILES string of the molecule is CC1=c2ccccc2=[N+](C)C(C)(C)C1. The van der Waals surface area contributed by atoms with E-state index >= 15 is 0 Å². The number of para-hydroxylation sites is 1. The Bertz CT molecular complexity index is 480. The molecule has 1 aliphatic rings. The molecular weight excluding hydrogens is 170 g/mol. The van der Waals surface area contributed by atoms with Crippen molar-refractivity contribution < 1.29 is 0 Å². The maximum absolute atomic E-state index is 2.38. The molecule has 1 aromatic rings. The fraction of sp³-hybridized carbons (Fsp3) is 0.462. The summed E-state index contributed by atoms with van der Waals surface area (Å²) in [6, 6.07) is 8.66. The fourth-order valence-corrected chi connectivity index (χ4v) is 2.32. The van der Waals surface area contributed by atoms with E-state index < -0.39 is 0 Å². The summed E-state index contributed by atoms with van der Waals surface area (Å²) in [6.45, 7) is 6.84. The molecule has 0 bridgehead atoms. The quantitative estimate of drug-likeness (QED) is 0.538. The van der Waals surface area contributed by atoms with Gasteiger partial charge in [-0.25, -0.2) is 4.58 Å². The molecule has 14 heavy (non-hydrogen) atoms. The van der Waals surface area contributed by atoms with Crippen molar-refractivity contribution in [3.8, 4) is 0 Å². The monoisotopic (exact) mass is 188 g/mol. The van der Waals surface area contributed by atoms with E-state index in [1.54, 1.807) is 0 Å². The van der Waals surface area contributed by atoms with Crippen LogP contribution in [0.5, 0.6) is 0 Å². The second kappa shape index (κ2) is 2.94. The summed E-state index contributed by atoms with van der Waals surface area (Å²) in [7, 11) is 2.19. The second-order valence-electron chi connectivity index (χ2n) is 4.85. The van der Waals surface area contributed by atoms with Crippen LogP contribution in [0.1, 0.15) is 27.2 Å². The van der Waals surface area contributed by atoms with E-state index in [1.807, 2.05) is 0 Å². The molecule has 0 aliphatic carbocycles. The predicted octanol–water partition coefficient (Wildman–Crippen LogP) is 1.16. The third kappa shape index (κ3) is 1.28. The largest absolute Gasteiger partial charge is 0.227 e. The number of fused-ring (bicyclic) bond motifs is 1. The summed E-state index contributed by atoms with van der Waals surface area (Å²) in [6.07, 6.45) is 1.15. The van der Waals surface area contributed by atoms with Crippen LogP contribution in [-0.2, 0) is 0 Å². The Kier molecular flexibility index (Phi) is 1.99. The topological polar surface area (TPSA) is 3.01 Å². The maximum atomic E-state index is 2.38. The van der Waals surface area contributed by atoms with Crippen molar-refractivity contribution in [1.82, 2.24) is 4.58 Å². The van der Waals surface area contributed by atoms with Gasteiger partial charge in [0, 0.05) is 31.6 Å². The molecule has 2 rings (SSSR count). The van der Waals surface area contributed by atoms with Gasteiger partial charge in [-0.1, -0.05) is 17.7 Å². The first-order chi connectivity index (χ1) is 6.52. The van der Waals surface area contributed by atoms with Gasteiger partial charge in [-0.05, 0) is 13.0 Å². The molecule has 0 N–H and O–H groups in total. The Hall–Kier alpha value is -1.11. The van der Waals surface area contributed by atoms with Crippen LogP contribution >= 0.6 is 0 Å². The highest BCUT2D eigenvalue weighted by atomic mass is 15.0. The molecular formula is C13H18N+. The lowest BCUT2D eigenvalue weighted by Gasteiger charge is -2.24. The van der Waals surface area contributed by atoms with Gasteiger partial charge in [0.2, 0.25) is 5.36 Å². The van der Waals surface area contributed by atoms with Gasteiger partial charge in [-0.2, -0.15) is 0 Å². The van der Waals surface area contributed by atoms with Crippen molar-refractivity contribution >= 4 is 5.57 Å². The Morgan fingerprint density at radius 2 is 1.86 bits per heavy atom. The predicted molar refractivity (Wildman–Crippen MR) is 60.6 cm³/mol. The fourth-order valence-electron chi connectivity index (χ4n) is 2.32. The van der Waals surface area contributed by atoms with E-state index in [-0.39, 0.29) is 5.54 Å². The minimum absolute atomic E-state index is 0.248. The average Bonchev–Trinajstić information content (AvgIpc) is 2.14. The van der Waals surface area contributed by atoms with Crippen LogP contribution in [0.4, 0.5) is 0 Å². The Morgan fingerprint density at radius 1 is 1.21 bits per heavy atom. The first kappa shape index (κ1) is 9.45. The highest BCUT2D eigenvalue weighted by Gasteiger charge is 2.31. The Labute approximate surface area is 85.4 Å². The average molecular weight is 188 g/mol. The summed E-state index contributed by atoms with van der Waals surface area (Å²) in [4.78, 5) is 0. The van der Waals surface area contributed by atoms with Crippen molar-refractivity contribution in [3.05, 3.63) is 34.8 Å². The molecule has 1 heteroatoms. The number of hydrogen-bond donors (Lipinski definition) is 0. The van der Waals surface area contributed by atoms with E-state index in [1.165, 1.54) is 16.1 Å². The molecule has 0 atom stereocenters. The van der Waals surface area contributed by atoms with Crippen LogP contribution in [0, 0.1) is 0 Å². The van der Waals surface area contributed by atoms with Gasteiger partial charge in [-0.15, -0.1) is 0 Å². The highest BCUT2D eigenvalue weighted by molar-refractivity contribution is 5.45. The van der Waals surface area contributed by atoms with E-state index in [0.29, 0.717) is 0 Å². The van der Waals surface area contributed by atoms with Gasteiger partial charge in [0.05, 0.1) is 0 Å². The van der Waals surface area contributed by atoms with Crippen molar-refractivity contribution in [3.63, 3.8) is 0 Å². The number of benzene rings is 1. The zero-order chi connectivity index (χ0) is 10.3. The summed E-state index contributed by atoms with van der Waals surface area (Å²) in [5.41, 5.74) is 1.75. The summed E-state index contributed by atoms with van der Waals surface area (Å²) in [5, 5.41) is 2.77. The second-order valence-corrected chi connectivity index (χ2v) is 4.85. The van der Waals surface area contributed by atoms with Gasteiger partial charge >= 0.3 is 0 Å². The lowest BCUT2D eigenvalue weighted by molar-refractivity contribution is 0.358. The van der Waals surface area contributed by atoms with E-state index in [2.05, 4.69) is 56.7 Å². The smallest absolute Gasteiger partial charge is 0.207 e. The lowest BCUT2D eigenvalue weighted by Crippen LogP contribution is -2.53. The molecule has 0 radical (unpaired) electrons. The first-order valence-corrected chi connectivity index (χ1v) is 5.18. The van der Waals surface area contributed by atoms with Crippen LogP contribution in [0.25, 0.3) is 5.57 Å². The third-order valence-corrected chi connectivity index (χ3v) is 3.33.